The van der Waals surface area contributed by atoms with Crippen LogP contribution in [0.1, 0.15) is 26.2 Å². The average Bonchev–Trinajstić information content (AvgIpc) is 2.71. The molecule has 1 heterocycles. The second kappa shape index (κ2) is 3.37. The molecule has 94 valence electrons. The molecule has 2 aliphatic carbocycles. The zero-order chi connectivity index (χ0) is 12.2. The fourth-order valence-electron chi connectivity index (χ4n) is 3.28. The summed E-state index contributed by atoms with van der Waals surface area (Å²) in [6.45, 7) is 3.17. The zero-order valence-electron chi connectivity index (χ0n) is 9.98. The maximum atomic E-state index is 12.0. The van der Waals surface area contributed by atoms with Crippen LogP contribution in [0.2, 0.25) is 0 Å². The second-order valence-corrected chi connectivity index (χ2v) is 5.94. The van der Waals surface area contributed by atoms with Crippen molar-refractivity contribution in [2.45, 2.75) is 31.7 Å². The molecule has 0 aromatic carbocycles. The van der Waals surface area contributed by atoms with Crippen LogP contribution in [-0.4, -0.2) is 40.6 Å². The summed E-state index contributed by atoms with van der Waals surface area (Å²) in [6.07, 6.45) is 2.48. The Kier molecular flexibility index (Phi) is 2.15. The summed E-state index contributed by atoms with van der Waals surface area (Å²) < 4.78 is 0. The minimum atomic E-state index is -0.859. The number of hydrogen-bond acceptors (Lipinski definition) is 2. The van der Waals surface area contributed by atoms with E-state index in [4.69, 9.17) is 5.11 Å². The van der Waals surface area contributed by atoms with Crippen molar-refractivity contribution in [2.24, 2.45) is 17.8 Å². The molecule has 3 rings (SSSR count). The van der Waals surface area contributed by atoms with Crippen molar-refractivity contribution in [2.75, 3.05) is 13.1 Å². The highest BCUT2D eigenvalue weighted by Gasteiger charge is 2.60. The van der Waals surface area contributed by atoms with Crippen molar-refractivity contribution in [3.8, 4) is 0 Å². The monoisotopic (exact) mass is 238 g/mol. The number of nitrogens with zero attached hydrogens (tertiary/aromatic N) is 1. The first kappa shape index (κ1) is 10.9. The van der Waals surface area contributed by atoms with E-state index >= 15 is 0 Å². The molecular formula is C12H18N2O3. The van der Waals surface area contributed by atoms with E-state index in [1.54, 1.807) is 0 Å². The second-order valence-electron chi connectivity index (χ2n) is 5.94. The zero-order valence-corrected chi connectivity index (χ0v) is 9.98. The van der Waals surface area contributed by atoms with Gasteiger partial charge in [0.05, 0.1) is 0 Å². The molecule has 1 aliphatic heterocycles. The molecule has 0 aromatic heterocycles. The first-order chi connectivity index (χ1) is 8.00. The van der Waals surface area contributed by atoms with Gasteiger partial charge in [0.25, 0.3) is 0 Å². The number of rotatable bonds is 2. The van der Waals surface area contributed by atoms with E-state index in [1.807, 2.05) is 0 Å². The largest absolute Gasteiger partial charge is 0.465 e. The van der Waals surface area contributed by atoms with Gasteiger partial charge in [0.2, 0.25) is 5.91 Å². The van der Waals surface area contributed by atoms with Crippen LogP contribution in [0.3, 0.4) is 0 Å². The third-order valence-electron chi connectivity index (χ3n) is 4.65. The Labute approximate surface area is 100 Å². The molecule has 2 N–H and O–H groups in total. The fourth-order valence-corrected chi connectivity index (χ4v) is 3.28. The highest BCUT2D eigenvalue weighted by Crippen LogP contribution is 2.52. The van der Waals surface area contributed by atoms with Crippen molar-refractivity contribution in [1.82, 2.24) is 10.2 Å². The maximum absolute atomic E-state index is 12.0. The molecule has 5 heteroatoms. The molecule has 0 unspecified atom stereocenters. The molecule has 2 saturated carbocycles. The van der Waals surface area contributed by atoms with Crippen LogP contribution in [-0.2, 0) is 4.79 Å². The number of carboxylic acid groups (broad SMARTS) is 1. The van der Waals surface area contributed by atoms with E-state index in [-0.39, 0.29) is 29.2 Å². The standard InChI is InChI=1S/C12H18N2O3/c1-12(3-2-4-12)13-10(15)9-7-5-14(11(16)17)6-8(7)9/h7-9H,2-6H2,1H3,(H,13,15)(H,16,17)/t7-,8+,9-. The predicted octanol–water partition coefficient (Wildman–Crippen LogP) is 0.901. The van der Waals surface area contributed by atoms with Gasteiger partial charge in [0, 0.05) is 24.5 Å². The Morgan fingerprint density at radius 2 is 1.88 bits per heavy atom. The molecule has 17 heavy (non-hydrogen) atoms. The van der Waals surface area contributed by atoms with Gasteiger partial charge in [-0.15, -0.1) is 0 Å². The number of likely N-dealkylation sites (tertiary alicyclic amines) is 1. The van der Waals surface area contributed by atoms with Gasteiger partial charge in [-0.2, -0.15) is 0 Å². The number of carbonyl (C=O) groups is 2. The smallest absolute Gasteiger partial charge is 0.407 e. The maximum Gasteiger partial charge on any atom is 0.407 e. The number of piperidine rings is 1. The highest BCUT2D eigenvalue weighted by molar-refractivity contribution is 5.84. The first-order valence-corrected chi connectivity index (χ1v) is 6.30. The van der Waals surface area contributed by atoms with Crippen molar-refractivity contribution in [1.29, 1.82) is 0 Å². The topological polar surface area (TPSA) is 69.6 Å². The summed E-state index contributed by atoms with van der Waals surface area (Å²) in [6, 6.07) is 0. The quantitative estimate of drug-likeness (QED) is 0.751. The Balaban J connectivity index is 1.53. The Bertz CT molecular complexity index is 366. The van der Waals surface area contributed by atoms with Gasteiger partial charge in [0.1, 0.15) is 0 Å². The van der Waals surface area contributed by atoms with E-state index in [0.717, 1.165) is 12.8 Å². The average molecular weight is 238 g/mol. The molecule has 0 bridgehead atoms. The summed E-state index contributed by atoms with van der Waals surface area (Å²) in [5, 5.41) is 12.0. The van der Waals surface area contributed by atoms with Gasteiger partial charge in [0.15, 0.2) is 0 Å². The van der Waals surface area contributed by atoms with E-state index in [9.17, 15) is 9.59 Å². The molecule has 3 aliphatic rings. The highest BCUT2D eigenvalue weighted by atomic mass is 16.4. The van der Waals surface area contributed by atoms with Gasteiger partial charge < -0.3 is 15.3 Å². The van der Waals surface area contributed by atoms with Crippen LogP contribution >= 0.6 is 0 Å². The third-order valence-corrected chi connectivity index (χ3v) is 4.65. The van der Waals surface area contributed by atoms with Crippen LogP contribution in [0.15, 0.2) is 0 Å². The SMILES string of the molecule is CC1(NC(=O)[C@@H]2[C@@H]3CN(C(=O)O)C[C@@H]32)CCC1. The van der Waals surface area contributed by atoms with Crippen molar-refractivity contribution in [3.63, 3.8) is 0 Å². The number of fused-ring (bicyclic) bond motifs is 1. The number of carbonyl (C=O) groups excluding carboxylic acids is 1. The van der Waals surface area contributed by atoms with Crippen LogP contribution in [0.4, 0.5) is 4.79 Å². The lowest BCUT2D eigenvalue weighted by Gasteiger charge is -2.39. The lowest BCUT2D eigenvalue weighted by Crippen LogP contribution is -2.52. The molecule has 0 spiro atoms. The lowest BCUT2D eigenvalue weighted by atomic mass is 9.78. The van der Waals surface area contributed by atoms with Crippen LogP contribution < -0.4 is 5.32 Å². The van der Waals surface area contributed by atoms with Crippen LogP contribution in [0, 0.1) is 17.8 Å². The van der Waals surface area contributed by atoms with Gasteiger partial charge >= 0.3 is 6.09 Å². The summed E-state index contributed by atoms with van der Waals surface area (Å²) in [4.78, 5) is 24.2. The molecule has 0 aromatic rings. The molecule has 3 atom stereocenters. The fraction of sp³-hybridized carbons (Fsp3) is 0.833. The van der Waals surface area contributed by atoms with Gasteiger partial charge in [-0.3, -0.25) is 4.79 Å². The molecular weight excluding hydrogens is 220 g/mol. The predicted molar refractivity (Wildman–Crippen MR) is 60.5 cm³/mol. The van der Waals surface area contributed by atoms with E-state index in [2.05, 4.69) is 12.2 Å². The van der Waals surface area contributed by atoms with Gasteiger partial charge in [-0.1, -0.05) is 0 Å². The summed E-state index contributed by atoms with van der Waals surface area (Å²) in [5.74, 6) is 0.764. The molecule has 2 amide bonds. The minimum absolute atomic E-state index is 0.0143. The summed E-state index contributed by atoms with van der Waals surface area (Å²) in [7, 11) is 0. The Hall–Kier alpha value is -1.26. The van der Waals surface area contributed by atoms with E-state index < -0.39 is 6.09 Å². The third kappa shape index (κ3) is 1.68. The first-order valence-electron chi connectivity index (χ1n) is 6.30. The van der Waals surface area contributed by atoms with Crippen molar-refractivity contribution in [3.05, 3.63) is 0 Å². The van der Waals surface area contributed by atoms with Gasteiger partial charge in [-0.25, -0.2) is 4.79 Å². The summed E-state index contributed by atoms with van der Waals surface area (Å²) >= 11 is 0. The van der Waals surface area contributed by atoms with Gasteiger partial charge in [-0.05, 0) is 38.0 Å². The number of amides is 2. The molecule has 1 saturated heterocycles. The van der Waals surface area contributed by atoms with E-state index in [1.165, 1.54) is 11.3 Å². The molecule has 3 fully saturated rings. The van der Waals surface area contributed by atoms with Crippen molar-refractivity contribution < 1.29 is 14.7 Å². The minimum Gasteiger partial charge on any atom is -0.465 e. The number of nitrogens with one attached hydrogen (secondary N) is 1. The number of hydrogen-bond donors (Lipinski definition) is 2. The van der Waals surface area contributed by atoms with Crippen molar-refractivity contribution >= 4 is 12.0 Å². The summed E-state index contributed by atoms with van der Waals surface area (Å²) in [5.41, 5.74) is 0.0143. The normalized spacial score (nSPS) is 37.0. The van der Waals surface area contributed by atoms with Crippen LogP contribution in [0.5, 0.6) is 0 Å². The van der Waals surface area contributed by atoms with Crippen LogP contribution in [0.25, 0.3) is 0 Å². The lowest BCUT2D eigenvalue weighted by molar-refractivity contribution is -0.126. The Morgan fingerprint density at radius 1 is 1.29 bits per heavy atom. The van der Waals surface area contributed by atoms with E-state index in [0.29, 0.717) is 13.1 Å². The molecule has 5 nitrogen and oxygen atoms in total. The Morgan fingerprint density at radius 3 is 2.29 bits per heavy atom. The molecule has 0 radical (unpaired) electrons.